The Morgan fingerprint density at radius 3 is 2.33 bits per heavy atom. The van der Waals surface area contributed by atoms with Crippen LogP contribution in [0.25, 0.3) is 0 Å². The van der Waals surface area contributed by atoms with Crippen molar-refractivity contribution >= 4 is 5.91 Å². The van der Waals surface area contributed by atoms with Crippen molar-refractivity contribution in [1.82, 2.24) is 10.2 Å². The first-order valence-electron chi connectivity index (χ1n) is 8.59. The van der Waals surface area contributed by atoms with E-state index in [0.29, 0.717) is 12.1 Å². The van der Waals surface area contributed by atoms with Crippen LogP contribution in [0.4, 0.5) is 0 Å². The average Bonchev–Trinajstić information content (AvgIpc) is 2.62. The highest BCUT2D eigenvalue weighted by Gasteiger charge is 2.11. The van der Waals surface area contributed by atoms with E-state index >= 15 is 0 Å². The topological polar surface area (TPSA) is 52.6 Å². The first kappa shape index (κ1) is 16.5. The molecule has 0 saturated carbocycles. The lowest BCUT2D eigenvalue weighted by Gasteiger charge is -2.26. The fraction of sp³-hybridized carbons (Fsp3) is 0.350. The summed E-state index contributed by atoms with van der Waals surface area (Å²) in [4.78, 5) is 14.6. The maximum absolute atomic E-state index is 12.1. The smallest absolute Gasteiger partial charge is 0.255 e. The molecule has 126 valence electrons. The van der Waals surface area contributed by atoms with Crippen LogP contribution in [-0.4, -0.2) is 29.0 Å². The van der Waals surface area contributed by atoms with Gasteiger partial charge in [0.15, 0.2) is 0 Å². The second-order valence-corrected chi connectivity index (χ2v) is 6.35. The zero-order valence-electron chi connectivity index (χ0n) is 13.9. The van der Waals surface area contributed by atoms with Crippen LogP contribution >= 0.6 is 0 Å². The summed E-state index contributed by atoms with van der Waals surface area (Å²) in [6.07, 6.45) is 3.96. The predicted octanol–water partition coefficient (Wildman–Crippen LogP) is 3.31. The standard InChI is InChI=1S/C20H24N2O2/c23-19-7-3-2-6-18(19)20(24)21-14-16-8-10-17(11-9-16)15-22-12-4-1-5-13-22/h2-3,6-11,23H,1,4-5,12-15H2,(H,21,24). The lowest BCUT2D eigenvalue weighted by molar-refractivity contribution is 0.0948. The Balaban J connectivity index is 1.52. The number of likely N-dealkylation sites (tertiary alicyclic amines) is 1. The summed E-state index contributed by atoms with van der Waals surface area (Å²) in [5.74, 6) is -0.252. The van der Waals surface area contributed by atoms with E-state index in [1.807, 2.05) is 0 Å². The van der Waals surface area contributed by atoms with E-state index in [-0.39, 0.29) is 11.7 Å². The highest BCUT2D eigenvalue weighted by Crippen LogP contribution is 2.16. The molecule has 1 saturated heterocycles. The summed E-state index contributed by atoms with van der Waals surface area (Å²) in [5.41, 5.74) is 2.67. The van der Waals surface area contributed by atoms with Crippen LogP contribution in [0.1, 0.15) is 40.7 Å². The second-order valence-electron chi connectivity index (χ2n) is 6.35. The zero-order chi connectivity index (χ0) is 16.8. The van der Waals surface area contributed by atoms with Crippen molar-refractivity contribution < 1.29 is 9.90 Å². The number of piperidine rings is 1. The van der Waals surface area contributed by atoms with Gasteiger partial charge in [0, 0.05) is 13.1 Å². The third-order valence-corrected chi connectivity index (χ3v) is 4.48. The van der Waals surface area contributed by atoms with Crippen molar-refractivity contribution in [1.29, 1.82) is 0 Å². The van der Waals surface area contributed by atoms with Crippen LogP contribution in [-0.2, 0) is 13.1 Å². The van der Waals surface area contributed by atoms with E-state index in [9.17, 15) is 9.90 Å². The number of hydrogen-bond acceptors (Lipinski definition) is 3. The molecule has 2 N–H and O–H groups in total. The number of carbonyl (C=O) groups is 1. The highest BCUT2D eigenvalue weighted by molar-refractivity contribution is 5.96. The fourth-order valence-electron chi connectivity index (χ4n) is 3.08. The van der Waals surface area contributed by atoms with Gasteiger partial charge in [-0.2, -0.15) is 0 Å². The van der Waals surface area contributed by atoms with Crippen LogP contribution in [0.2, 0.25) is 0 Å². The minimum atomic E-state index is -0.259. The first-order chi connectivity index (χ1) is 11.7. The Kier molecular flexibility index (Phi) is 5.49. The molecule has 3 rings (SSSR count). The number of amides is 1. The molecule has 24 heavy (non-hydrogen) atoms. The van der Waals surface area contributed by atoms with Crippen molar-refractivity contribution in [2.24, 2.45) is 0 Å². The van der Waals surface area contributed by atoms with Crippen molar-refractivity contribution in [3.8, 4) is 5.75 Å². The van der Waals surface area contributed by atoms with Crippen molar-refractivity contribution in [3.63, 3.8) is 0 Å². The molecule has 0 aromatic heterocycles. The van der Waals surface area contributed by atoms with E-state index in [1.54, 1.807) is 18.2 Å². The molecule has 0 unspecified atom stereocenters. The molecule has 1 aliphatic rings. The van der Waals surface area contributed by atoms with Gasteiger partial charge in [0.2, 0.25) is 0 Å². The summed E-state index contributed by atoms with van der Waals surface area (Å²) in [6, 6.07) is 15.0. The fourth-order valence-corrected chi connectivity index (χ4v) is 3.08. The maximum atomic E-state index is 12.1. The molecule has 1 fully saturated rings. The largest absolute Gasteiger partial charge is 0.507 e. The van der Waals surface area contributed by atoms with Gasteiger partial charge >= 0.3 is 0 Å². The number of nitrogens with zero attached hydrogens (tertiary/aromatic N) is 1. The molecule has 0 spiro atoms. The van der Waals surface area contributed by atoms with Crippen LogP contribution in [0.5, 0.6) is 5.75 Å². The molecular weight excluding hydrogens is 300 g/mol. The minimum Gasteiger partial charge on any atom is -0.507 e. The number of benzene rings is 2. The highest BCUT2D eigenvalue weighted by atomic mass is 16.3. The molecular formula is C20H24N2O2. The predicted molar refractivity (Wildman–Crippen MR) is 94.8 cm³/mol. The maximum Gasteiger partial charge on any atom is 0.255 e. The van der Waals surface area contributed by atoms with E-state index in [0.717, 1.165) is 12.1 Å². The van der Waals surface area contributed by atoms with Gasteiger partial charge in [-0.1, -0.05) is 42.8 Å². The summed E-state index contributed by atoms with van der Waals surface area (Å²) in [5, 5.41) is 12.6. The van der Waals surface area contributed by atoms with Crippen LogP contribution in [0, 0.1) is 0 Å². The van der Waals surface area contributed by atoms with Gasteiger partial charge in [-0.25, -0.2) is 0 Å². The Labute approximate surface area is 143 Å². The number of hydrogen-bond donors (Lipinski definition) is 2. The van der Waals surface area contributed by atoms with Crippen molar-refractivity contribution in [2.75, 3.05) is 13.1 Å². The summed E-state index contributed by atoms with van der Waals surface area (Å²) >= 11 is 0. The number of phenolic OH excluding ortho intramolecular Hbond substituents is 1. The second kappa shape index (κ2) is 7.97. The quantitative estimate of drug-likeness (QED) is 0.887. The number of para-hydroxylation sites is 1. The molecule has 0 radical (unpaired) electrons. The molecule has 0 aliphatic carbocycles. The molecule has 1 aliphatic heterocycles. The third-order valence-electron chi connectivity index (χ3n) is 4.48. The van der Waals surface area contributed by atoms with Crippen LogP contribution in [0.15, 0.2) is 48.5 Å². The zero-order valence-corrected chi connectivity index (χ0v) is 13.9. The normalized spacial score (nSPS) is 15.2. The Morgan fingerprint density at radius 2 is 1.62 bits per heavy atom. The van der Waals surface area contributed by atoms with Crippen molar-refractivity contribution in [3.05, 3.63) is 65.2 Å². The monoisotopic (exact) mass is 324 g/mol. The third kappa shape index (κ3) is 4.36. The lowest BCUT2D eigenvalue weighted by atomic mass is 10.1. The molecule has 2 aromatic carbocycles. The number of nitrogens with one attached hydrogen (secondary N) is 1. The molecule has 0 bridgehead atoms. The van der Waals surface area contributed by atoms with Crippen molar-refractivity contribution in [2.45, 2.75) is 32.4 Å². The van der Waals surface area contributed by atoms with Gasteiger partial charge in [0.05, 0.1) is 5.56 Å². The summed E-state index contributed by atoms with van der Waals surface area (Å²) < 4.78 is 0. The van der Waals surface area contributed by atoms with E-state index in [1.165, 1.54) is 44.0 Å². The average molecular weight is 324 g/mol. The Hall–Kier alpha value is -2.33. The van der Waals surface area contributed by atoms with Gasteiger partial charge in [-0.15, -0.1) is 0 Å². The number of carbonyl (C=O) groups excluding carboxylic acids is 1. The van der Waals surface area contributed by atoms with E-state index in [2.05, 4.69) is 34.5 Å². The first-order valence-corrected chi connectivity index (χ1v) is 8.59. The van der Waals surface area contributed by atoms with Gasteiger partial charge < -0.3 is 10.4 Å². The number of rotatable bonds is 5. The van der Waals surface area contributed by atoms with E-state index < -0.39 is 0 Å². The Morgan fingerprint density at radius 1 is 0.958 bits per heavy atom. The molecule has 0 atom stereocenters. The molecule has 1 amide bonds. The summed E-state index contributed by atoms with van der Waals surface area (Å²) in [6.45, 7) is 3.85. The van der Waals surface area contributed by atoms with Gasteiger partial charge in [-0.05, 0) is 49.2 Å². The summed E-state index contributed by atoms with van der Waals surface area (Å²) in [7, 11) is 0. The Bertz CT molecular complexity index is 676. The van der Waals surface area contributed by atoms with Crippen LogP contribution in [0.3, 0.4) is 0 Å². The lowest BCUT2D eigenvalue weighted by Crippen LogP contribution is -2.29. The number of phenols is 1. The van der Waals surface area contributed by atoms with Gasteiger partial charge in [0.25, 0.3) is 5.91 Å². The van der Waals surface area contributed by atoms with E-state index in [4.69, 9.17) is 0 Å². The molecule has 2 aromatic rings. The van der Waals surface area contributed by atoms with Gasteiger partial charge in [-0.3, -0.25) is 9.69 Å². The van der Waals surface area contributed by atoms with Gasteiger partial charge in [0.1, 0.15) is 5.75 Å². The molecule has 4 nitrogen and oxygen atoms in total. The number of aromatic hydroxyl groups is 1. The molecule has 1 heterocycles. The molecule has 4 heteroatoms. The van der Waals surface area contributed by atoms with Crippen LogP contribution < -0.4 is 5.32 Å². The minimum absolute atomic E-state index is 0.00637. The SMILES string of the molecule is O=C(NCc1ccc(CN2CCCCC2)cc1)c1ccccc1O.